The molecule has 0 spiro atoms. The lowest BCUT2D eigenvalue weighted by Crippen LogP contribution is -1.93. The first-order valence-electron chi connectivity index (χ1n) is 5.84. The topological polar surface area (TPSA) is 60.8 Å². The van der Waals surface area contributed by atoms with Gasteiger partial charge < -0.3 is 4.74 Å². The van der Waals surface area contributed by atoms with E-state index in [0.29, 0.717) is 11.6 Å². The zero-order valence-corrected chi connectivity index (χ0v) is 10.7. The Morgan fingerprint density at radius 3 is 2.53 bits per heavy atom. The average molecular weight is 252 g/mol. The summed E-state index contributed by atoms with van der Waals surface area (Å²) in [5.74, 6) is 1.36. The maximum Gasteiger partial charge on any atom is 0.159 e. The van der Waals surface area contributed by atoms with E-state index in [2.05, 4.69) is 19.9 Å². The Kier molecular flexibility index (Phi) is 2.79. The van der Waals surface area contributed by atoms with Crippen molar-refractivity contribution in [3.05, 3.63) is 42.6 Å². The minimum absolute atomic E-state index is 0.662. The van der Waals surface area contributed by atoms with Crippen LogP contribution in [0.3, 0.4) is 0 Å². The Labute approximate surface area is 110 Å². The Hall–Kier alpha value is -2.56. The lowest BCUT2D eigenvalue weighted by atomic mass is 10.1. The minimum Gasteiger partial charge on any atom is -0.494 e. The maximum atomic E-state index is 5.37. The summed E-state index contributed by atoms with van der Waals surface area (Å²) in [6, 6.07) is 3.85. The zero-order chi connectivity index (χ0) is 13.2. The molecule has 0 saturated carbocycles. The van der Waals surface area contributed by atoms with Crippen LogP contribution < -0.4 is 4.74 Å². The fraction of sp³-hybridized carbons (Fsp3) is 0.143. The van der Waals surface area contributed by atoms with Crippen LogP contribution in [0.5, 0.6) is 5.75 Å². The van der Waals surface area contributed by atoms with E-state index in [-0.39, 0.29) is 0 Å². The number of aryl methyl sites for hydroxylation is 1. The van der Waals surface area contributed by atoms with Gasteiger partial charge in [-0.05, 0) is 24.6 Å². The van der Waals surface area contributed by atoms with Gasteiger partial charge in [-0.3, -0.25) is 0 Å². The molecule has 0 aliphatic rings. The van der Waals surface area contributed by atoms with E-state index in [1.165, 1.54) is 6.33 Å². The van der Waals surface area contributed by atoms with Gasteiger partial charge in [0.1, 0.15) is 17.6 Å². The summed E-state index contributed by atoms with van der Waals surface area (Å²) < 4.78 is 5.37. The second kappa shape index (κ2) is 4.61. The normalized spacial score (nSPS) is 10.6. The first-order chi connectivity index (χ1) is 9.28. The Morgan fingerprint density at radius 2 is 1.79 bits per heavy atom. The highest BCUT2D eigenvalue weighted by molar-refractivity contribution is 5.88. The van der Waals surface area contributed by atoms with Gasteiger partial charge in [-0.2, -0.15) is 0 Å². The highest BCUT2D eigenvalue weighted by Gasteiger charge is 2.09. The van der Waals surface area contributed by atoms with Crippen LogP contribution in [0, 0.1) is 6.92 Å². The minimum atomic E-state index is 0.662. The fourth-order valence-electron chi connectivity index (χ4n) is 1.90. The second-order valence-corrected chi connectivity index (χ2v) is 4.22. The van der Waals surface area contributed by atoms with Gasteiger partial charge in [-0.25, -0.2) is 19.9 Å². The fourth-order valence-corrected chi connectivity index (χ4v) is 1.90. The van der Waals surface area contributed by atoms with Crippen LogP contribution in [0.15, 0.2) is 37.1 Å². The number of rotatable bonds is 2. The molecule has 2 aromatic heterocycles. The lowest BCUT2D eigenvalue weighted by Gasteiger charge is -2.07. The van der Waals surface area contributed by atoms with Gasteiger partial charge in [0.15, 0.2) is 5.82 Å². The molecule has 3 aromatic rings. The molecular weight excluding hydrogens is 240 g/mol. The van der Waals surface area contributed by atoms with Gasteiger partial charge in [-0.15, -0.1) is 0 Å². The summed E-state index contributed by atoms with van der Waals surface area (Å²) in [7, 11) is 1.62. The molecule has 5 heteroatoms. The van der Waals surface area contributed by atoms with Crippen molar-refractivity contribution in [1.29, 1.82) is 0 Å². The molecule has 0 saturated heterocycles. The molecule has 5 nitrogen and oxygen atoms in total. The summed E-state index contributed by atoms with van der Waals surface area (Å²) in [6.45, 7) is 1.96. The largest absolute Gasteiger partial charge is 0.494 e. The van der Waals surface area contributed by atoms with E-state index < -0.39 is 0 Å². The standard InChI is InChI=1S/C14H12N4O/c1-9-5-16-14(17-6-9)10-3-11-7-15-8-18-13(11)12(4-10)19-2/h3-8H,1-2H3. The number of fused-ring (bicyclic) bond motifs is 1. The number of hydrogen-bond acceptors (Lipinski definition) is 5. The van der Waals surface area contributed by atoms with Crippen molar-refractivity contribution in [1.82, 2.24) is 19.9 Å². The maximum absolute atomic E-state index is 5.37. The van der Waals surface area contributed by atoms with Crippen molar-refractivity contribution in [2.24, 2.45) is 0 Å². The third-order valence-corrected chi connectivity index (χ3v) is 2.83. The van der Waals surface area contributed by atoms with Gasteiger partial charge in [0.2, 0.25) is 0 Å². The predicted octanol–water partition coefficient (Wildman–Crippen LogP) is 2.40. The van der Waals surface area contributed by atoms with Gasteiger partial charge in [0.05, 0.1) is 7.11 Å². The number of aromatic nitrogens is 4. The SMILES string of the molecule is COc1cc(-c2ncc(C)cn2)cc2cncnc12. The molecule has 0 aliphatic heterocycles. The molecule has 94 valence electrons. The van der Waals surface area contributed by atoms with E-state index >= 15 is 0 Å². The number of methoxy groups -OCH3 is 1. The van der Waals surface area contributed by atoms with Gasteiger partial charge in [-0.1, -0.05) is 0 Å². The van der Waals surface area contributed by atoms with Crippen molar-refractivity contribution in [2.45, 2.75) is 6.92 Å². The van der Waals surface area contributed by atoms with Crippen molar-refractivity contribution in [3.63, 3.8) is 0 Å². The summed E-state index contributed by atoms with van der Waals surface area (Å²) in [4.78, 5) is 16.9. The molecule has 0 bridgehead atoms. The quantitative estimate of drug-likeness (QED) is 0.700. The number of ether oxygens (including phenoxy) is 1. The second-order valence-electron chi connectivity index (χ2n) is 4.22. The van der Waals surface area contributed by atoms with Crippen LogP contribution in [0.4, 0.5) is 0 Å². The summed E-state index contributed by atoms with van der Waals surface area (Å²) in [5, 5.41) is 0.904. The van der Waals surface area contributed by atoms with Crippen LogP contribution in [-0.4, -0.2) is 27.0 Å². The first-order valence-corrected chi connectivity index (χ1v) is 5.84. The van der Waals surface area contributed by atoms with Crippen molar-refractivity contribution < 1.29 is 4.74 Å². The molecule has 0 N–H and O–H groups in total. The number of hydrogen-bond donors (Lipinski definition) is 0. The molecule has 0 radical (unpaired) electrons. The van der Waals surface area contributed by atoms with Crippen LogP contribution >= 0.6 is 0 Å². The van der Waals surface area contributed by atoms with E-state index in [1.807, 2.05) is 19.1 Å². The molecule has 0 amide bonds. The predicted molar refractivity (Wildman–Crippen MR) is 71.9 cm³/mol. The zero-order valence-electron chi connectivity index (χ0n) is 10.7. The van der Waals surface area contributed by atoms with Crippen molar-refractivity contribution >= 4 is 10.9 Å². The Balaban J connectivity index is 2.22. The smallest absolute Gasteiger partial charge is 0.159 e. The summed E-state index contributed by atoms with van der Waals surface area (Å²) in [6.07, 6.45) is 6.84. The van der Waals surface area contributed by atoms with E-state index in [4.69, 9.17) is 4.74 Å². The first kappa shape index (κ1) is 11.5. The lowest BCUT2D eigenvalue weighted by molar-refractivity contribution is 0.419. The molecule has 1 aromatic carbocycles. The molecule has 19 heavy (non-hydrogen) atoms. The highest BCUT2D eigenvalue weighted by atomic mass is 16.5. The molecular formula is C14H12N4O. The van der Waals surface area contributed by atoms with E-state index in [9.17, 15) is 0 Å². The third-order valence-electron chi connectivity index (χ3n) is 2.83. The molecule has 0 fully saturated rings. The Bertz CT molecular complexity index is 725. The van der Waals surface area contributed by atoms with Crippen LogP contribution in [-0.2, 0) is 0 Å². The third kappa shape index (κ3) is 2.10. The number of benzene rings is 1. The van der Waals surface area contributed by atoms with Gasteiger partial charge in [0, 0.05) is 29.5 Å². The van der Waals surface area contributed by atoms with Crippen LogP contribution in [0.25, 0.3) is 22.3 Å². The Morgan fingerprint density at radius 1 is 1.00 bits per heavy atom. The average Bonchev–Trinajstić information content (AvgIpc) is 2.47. The molecule has 3 rings (SSSR count). The monoisotopic (exact) mass is 252 g/mol. The van der Waals surface area contributed by atoms with Gasteiger partial charge in [0.25, 0.3) is 0 Å². The highest BCUT2D eigenvalue weighted by Crippen LogP contribution is 2.28. The van der Waals surface area contributed by atoms with Crippen LogP contribution in [0.1, 0.15) is 5.56 Å². The molecule has 0 aliphatic carbocycles. The van der Waals surface area contributed by atoms with E-state index in [1.54, 1.807) is 25.7 Å². The van der Waals surface area contributed by atoms with E-state index in [0.717, 1.165) is 22.0 Å². The molecule has 0 unspecified atom stereocenters. The van der Waals surface area contributed by atoms with Crippen molar-refractivity contribution in [2.75, 3.05) is 7.11 Å². The van der Waals surface area contributed by atoms with Crippen LogP contribution in [0.2, 0.25) is 0 Å². The summed E-state index contributed by atoms with van der Waals surface area (Å²) >= 11 is 0. The van der Waals surface area contributed by atoms with Crippen molar-refractivity contribution in [3.8, 4) is 17.1 Å². The number of nitrogens with zero attached hydrogens (tertiary/aromatic N) is 4. The van der Waals surface area contributed by atoms with Gasteiger partial charge >= 0.3 is 0 Å². The summed E-state index contributed by atoms with van der Waals surface area (Å²) in [5.41, 5.74) is 2.70. The molecule has 2 heterocycles. The molecule has 0 atom stereocenters.